The minimum atomic E-state index is -1.36. The Morgan fingerprint density at radius 2 is 2.16 bits per heavy atom. The Morgan fingerprint density at radius 3 is 2.71 bits per heavy atom. The van der Waals surface area contributed by atoms with E-state index in [0.29, 0.717) is 41.7 Å². The first-order valence-corrected chi connectivity index (χ1v) is 14.2. The van der Waals surface area contributed by atoms with Crippen LogP contribution in [0.2, 0.25) is 0 Å². The summed E-state index contributed by atoms with van der Waals surface area (Å²) in [5.74, 6) is 2.31. The molecular formula is C31H38ClFN2O2S. The molecule has 2 aromatic rings. The molecule has 0 saturated heterocycles. The number of terminal acetylenes is 1. The Hall–Kier alpha value is -2.59. The zero-order valence-electron chi connectivity index (χ0n) is 23.0. The minimum Gasteiger partial charge on any atom is -0.463 e. The van der Waals surface area contributed by atoms with Crippen LogP contribution in [0.25, 0.3) is 0 Å². The molecule has 1 aromatic carbocycles. The highest BCUT2D eigenvalue weighted by Gasteiger charge is 2.32. The summed E-state index contributed by atoms with van der Waals surface area (Å²) in [6, 6.07) is 5.51. The standard InChI is InChI=1S/C31H38ClFN2O2S/c1-8-15-35(28(16-22-11-12-22)24-14-13-23(10-3)26(33)17-24)30-34-27(21(5)38-30)18-25(32)19-29(20(4)9-2)37-31(6,7)36/h1,9,13-14,17,19,22,28,36H,2,10-12,15-16,18H2,3-7H3/b25-19+,29-20+. The monoisotopic (exact) mass is 556 g/mol. The Bertz CT molecular complexity index is 1250. The van der Waals surface area contributed by atoms with Gasteiger partial charge in [-0.15, -0.1) is 17.8 Å². The number of benzene rings is 1. The fourth-order valence-corrected chi connectivity index (χ4v) is 5.43. The second-order valence-corrected chi connectivity index (χ2v) is 12.0. The van der Waals surface area contributed by atoms with E-state index in [9.17, 15) is 9.50 Å². The number of halogens is 2. The molecule has 1 fully saturated rings. The lowest BCUT2D eigenvalue weighted by Crippen LogP contribution is -2.29. The zero-order valence-corrected chi connectivity index (χ0v) is 24.6. The Balaban J connectivity index is 1.93. The van der Waals surface area contributed by atoms with E-state index in [2.05, 4.69) is 17.4 Å². The van der Waals surface area contributed by atoms with Crippen LogP contribution in [0.5, 0.6) is 0 Å². The molecule has 0 spiro atoms. The number of rotatable bonds is 13. The van der Waals surface area contributed by atoms with E-state index in [1.807, 2.05) is 32.9 Å². The first-order valence-electron chi connectivity index (χ1n) is 13.0. The highest BCUT2D eigenvalue weighted by Crippen LogP contribution is 2.43. The van der Waals surface area contributed by atoms with Gasteiger partial charge < -0.3 is 14.7 Å². The first-order chi connectivity index (χ1) is 17.9. The topological polar surface area (TPSA) is 45.6 Å². The number of allylic oxidation sites excluding steroid dienone is 4. The largest absolute Gasteiger partial charge is 0.463 e. The lowest BCUT2D eigenvalue weighted by molar-refractivity contribution is -0.144. The van der Waals surface area contributed by atoms with E-state index in [1.165, 1.54) is 12.8 Å². The van der Waals surface area contributed by atoms with Gasteiger partial charge in [0, 0.05) is 30.2 Å². The highest BCUT2D eigenvalue weighted by molar-refractivity contribution is 7.15. The van der Waals surface area contributed by atoms with Crippen LogP contribution >= 0.6 is 22.9 Å². The average Bonchev–Trinajstić information content (AvgIpc) is 3.60. The number of aliphatic hydroxyl groups is 1. The number of aryl methyl sites for hydroxylation is 2. The molecule has 3 rings (SSSR count). The van der Waals surface area contributed by atoms with Crippen LogP contribution in [0, 0.1) is 31.0 Å². The first kappa shape index (κ1) is 30.0. The third kappa shape index (κ3) is 8.20. The fraction of sp³-hybridized carbons (Fsp3) is 0.452. The van der Waals surface area contributed by atoms with Gasteiger partial charge >= 0.3 is 0 Å². The summed E-state index contributed by atoms with van der Waals surface area (Å²) in [4.78, 5) is 8.10. The van der Waals surface area contributed by atoms with Crippen LogP contribution in [0.1, 0.15) is 74.7 Å². The molecule has 4 nitrogen and oxygen atoms in total. The number of anilines is 1. The van der Waals surface area contributed by atoms with E-state index >= 15 is 0 Å². The van der Waals surface area contributed by atoms with Gasteiger partial charge in [0.25, 0.3) is 0 Å². The predicted molar refractivity (Wildman–Crippen MR) is 157 cm³/mol. The maximum Gasteiger partial charge on any atom is 0.202 e. The predicted octanol–water partition coefficient (Wildman–Crippen LogP) is 8.00. The van der Waals surface area contributed by atoms with E-state index in [4.69, 9.17) is 27.7 Å². The zero-order chi connectivity index (χ0) is 28.0. The van der Waals surface area contributed by atoms with Gasteiger partial charge in [-0.2, -0.15) is 0 Å². The lowest BCUT2D eigenvalue weighted by Gasteiger charge is -2.31. The molecule has 1 aromatic heterocycles. The Kier molecular flexibility index (Phi) is 10.2. The van der Waals surface area contributed by atoms with Crippen molar-refractivity contribution >= 4 is 28.1 Å². The molecule has 38 heavy (non-hydrogen) atoms. The number of ether oxygens (including phenoxy) is 1. The van der Waals surface area contributed by atoms with Crippen LogP contribution < -0.4 is 4.90 Å². The second kappa shape index (κ2) is 13.0. The molecule has 1 aliphatic rings. The summed E-state index contributed by atoms with van der Waals surface area (Å²) < 4.78 is 20.5. The molecule has 0 radical (unpaired) electrons. The summed E-state index contributed by atoms with van der Waals surface area (Å²) in [7, 11) is 0. The van der Waals surface area contributed by atoms with Gasteiger partial charge in [-0.25, -0.2) is 9.37 Å². The van der Waals surface area contributed by atoms with E-state index in [1.54, 1.807) is 43.4 Å². The number of hydrogen-bond acceptors (Lipinski definition) is 5. The van der Waals surface area contributed by atoms with Crippen molar-refractivity contribution in [1.82, 2.24) is 4.98 Å². The van der Waals surface area contributed by atoms with Gasteiger partial charge in [-0.05, 0) is 61.4 Å². The molecule has 0 amide bonds. The van der Waals surface area contributed by atoms with Crippen molar-refractivity contribution in [3.05, 3.63) is 80.8 Å². The smallest absolute Gasteiger partial charge is 0.202 e. The SMILES string of the molecule is C#CCN(c1nc(C/C(Cl)=C\C(OC(C)(C)O)=C(\C)C=C)c(C)s1)C(CC1CC1)c1ccc(CC)c(F)c1. The third-order valence-electron chi connectivity index (χ3n) is 6.54. The summed E-state index contributed by atoms with van der Waals surface area (Å²) in [6.45, 7) is 13.1. The van der Waals surface area contributed by atoms with E-state index in [-0.39, 0.29) is 11.9 Å². The van der Waals surface area contributed by atoms with E-state index < -0.39 is 5.79 Å². The molecule has 0 aliphatic heterocycles. The molecule has 204 valence electrons. The van der Waals surface area contributed by atoms with Crippen molar-refractivity contribution in [3.63, 3.8) is 0 Å². The fourth-order valence-electron chi connectivity index (χ4n) is 4.23. The third-order valence-corrected chi connectivity index (χ3v) is 7.83. The summed E-state index contributed by atoms with van der Waals surface area (Å²) in [5.41, 5.74) is 3.23. The number of nitrogens with zero attached hydrogens (tertiary/aromatic N) is 2. The van der Waals surface area contributed by atoms with Gasteiger partial charge in [-0.3, -0.25) is 0 Å². The van der Waals surface area contributed by atoms with Crippen molar-refractivity contribution in [3.8, 4) is 12.3 Å². The normalized spacial score (nSPS) is 15.5. The number of hydrogen-bond donors (Lipinski definition) is 1. The van der Waals surface area contributed by atoms with Crippen molar-refractivity contribution in [1.29, 1.82) is 0 Å². The molecule has 1 unspecified atom stereocenters. The van der Waals surface area contributed by atoms with Gasteiger partial charge in [-0.1, -0.05) is 62.1 Å². The maximum absolute atomic E-state index is 14.8. The molecular weight excluding hydrogens is 519 g/mol. The van der Waals surface area contributed by atoms with Crippen LogP contribution in [-0.4, -0.2) is 22.4 Å². The molecule has 1 aliphatic carbocycles. The summed E-state index contributed by atoms with van der Waals surface area (Å²) in [6.07, 6.45) is 13.5. The average molecular weight is 557 g/mol. The van der Waals surface area contributed by atoms with Crippen molar-refractivity contribution in [2.75, 3.05) is 11.4 Å². The van der Waals surface area contributed by atoms with Crippen LogP contribution in [0.15, 0.2) is 53.3 Å². The van der Waals surface area contributed by atoms with Crippen molar-refractivity contribution in [2.45, 2.75) is 78.6 Å². The van der Waals surface area contributed by atoms with Crippen molar-refractivity contribution < 1.29 is 14.2 Å². The van der Waals surface area contributed by atoms with Gasteiger partial charge in [0.1, 0.15) is 11.6 Å². The molecule has 1 heterocycles. The molecule has 0 bridgehead atoms. The second-order valence-electron chi connectivity index (χ2n) is 10.3. The van der Waals surface area contributed by atoms with Gasteiger partial charge in [0.05, 0.1) is 18.3 Å². The van der Waals surface area contributed by atoms with Crippen LogP contribution in [0.4, 0.5) is 9.52 Å². The highest BCUT2D eigenvalue weighted by atomic mass is 35.5. The minimum absolute atomic E-state index is 0.0617. The maximum atomic E-state index is 14.8. The number of thiazole rings is 1. The van der Waals surface area contributed by atoms with E-state index in [0.717, 1.165) is 33.3 Å². The molecule has 1 atom stereocenters. The lowest BCUT2D eigenvalue weighted by atomic mass is 9.97. The van der Waals surface area contributed by atoms with Crippen LogP contribution in [0.3, 0.4) is 0 Å². The molecule has 1 saturated carbocycles. The summed E-state index contributed by atoms with van der Waals surface area (Å²) in [5, 5.41) is 11.5. The number of aromatic nitrogens is 1. The van der Waals surface area contributed by atoms with Gasteiger partial charge in [0.15, 0.2) is 5.13 Å². The van der Waals surface area contributed by atoms with Gasteiger partial charge in [0.2, 0.25) is 5.79 Å². The quantitative estimate of drug-likeness (QED) is 0.117. The van der Waals surface area contributed by atoms with Crippen molar-refractivity contribution in [2.24, 2.45) is 5.92 Å². The Morgan fingerprint density at radius 1 is 1.45 bits per heavy atom. The molecule has 1 N–H and O–H groups in total. The molecule has 7 heteroatoms. The van der Waals surface area contributed by atoms with Crippen LogP contribution in [-0.2, 0) is 17.6 Å². The Labute approximate surface area is 235 Å². The summed E-state index contributed by atoms with van der Waals surface area (Å²) >= 11 is 8.22.